The lowest BCUT2D eigenvalue weighted by atomic mass is 10.1. The minimum Gasteiger partial charge on any atom is -0.399 e. The van der Waals surface area contributed by atoms with Crippen LogP contribution in [0.25, 0.3) is 0 Å². The zero-order chi connectivity index (χ0) is 14.5. The first-order chi connectivity index (χ1) is 9.60. The van der Waals surface area contributed by atoms with E-state index in [0.29, 0.717) is 22.3 Å². The second-order valence-corrected chi connectivity index (χ2v) is 5.18. The third-order valence-corrected chi connectivity index (χ3v) is 3.42. The number of amides is 1. The molecule has 0 heterocycles. The highest BCUT2D eigenvalue weighted by atomic mass is 79.9. The Bertz CT molecular complexity index is 629. The summed E-state index contributed by atoms with van der Waals surface area (Å²) in [5, 5.41) is 2.85. The number of nitrogens with two attached hydrogens (primary N) is 1. The van der Waals surface area contributed by atoms with Crippen LogP contribution in [0, 0.1) is 0 Å². The number of hydrogen-bond donors (Lipinski definition) is 2. The van der Waals surface area contributed by atoms with Gasteiger partial charge >= 0.3 is 0 Å². The maximum absolute atomic E-state index is 12.2. The number of benzene rings is 2. The van der Waals surface area contributed by atoms with E-state index < -0.39 is 0 Å². The SMILES string of the molecule is COCc1cccc(NC(=O)c2cc(N)ccc2Br)c1. The lowest BCUT2D eigenvalue weighted by Crippen LogP contribution is -2.13. The maximum atomic E-state index is 12.2. The molecule has 0 aliphatic heterocycles. The summed E-state index contributed by atoms with van der Waals surface area (Å²) in [4.78, 5) is 12.2. The molecule has 4 nitrogen and oxygen atoms in total. The van der Waals surface area contributed by atoms with Crippen LogP contribution in [-0.2, 0) is 11.3 Å². The highest BCUT2D eigenvalue weighted by Gasteiger charge is 2.10. The van der Waals surface area contributed by atoms with Crippen LogP contribution in [0.15, 0.2) is 46.9 Å². The van der Waals surface area contributed by atoms with Gasteiger partial charge in [0.1, 0.15) is 0 Å². The Balaban J connectivity index is 2.19. The van der Waals surface area contributed by atoms with Crippen LogP contribution >= 0.6 is 15.9 Å². The summed E-state index contributed by atoms with van der Waals surface area (Å²) >= 11 is 3.35. The Morgan fingerprint density at radius 3 is 2.85 bits per heavy atom. The monoisotopic (exact) mass is 334 g/mol. The normalized spacial score (nSPS) is 10.3. The van der Waals surface area contributed by atoms with Crippen molar-refractivity contribution in [2.45, 2.75) is 6.61 Å². The molecule has 0 fully saturated rings. The number of carbonyl (C=O) groups excluding carboxylic acids is 1. The van der Waals surface area contributed by atoms with Gasteiger partial charge in [0.2, 0.25) is 0 Å². The van der Waals surface area contributed by atoms with Crippen molar-refractivity contribution in [3.8, 4) is 0 Å². The predicted octanol–water partition coefficient (Wildman–Crippen LogP) is 3.43. The summed E-state index contributed by atoms with van der Waals surface area (Å²) in [7, 11) is 1.63. The standard InChI is InChI=1S/C15H15BrN2O2/c1-20-9-10-3-2-4-12(7-10)18-15(19)13-8-11(17)5-6-14(13)16/h2-8H,9,17H2,1H3,(H,18,19). The molecular formula is C15H15BrN2O2. The van der Waals surface area contributed by atoms with Crippen molar-refractivity contribution in [1.29, 1.82) is 0 Å². The Hall–Kier alpha value is -1.85. The van der Waals surface area contributed by atoms with Gasteiger partial charge in [-0.05, 0) is 51.8 Å². The number of anilines is 2. The summed E-state index contributed by atoms with van der Waals surface area (Å²) < 4.78 is 5.78. The number of nitrogen functional groups attached to an aromatic ring is 1. The van der Waals surface area contributed by atoms with Crippen molar-refractivity contribution in [1.82, 2.24) is 0 Å². The highest BCUT2D eigenvalue weighted by molar-refractivity contribution is 9.10. The minimum atomic E-state index is -0.209. The lowest BCUT2D eigenvalue weighted by molar-refractivity contribution is 0.102. The minimum absolute atomic E-state index is 0.209. The van der Waals surface area contributed by atoms with E-state index in [-0.39, 0.29) is 5.91 Å². The summed E-state index contributed by atoms with van der Waals surface area (Å²) in [6, 6.07) is 12.6. The quantitative estimate of drug-likeness (QED) is 0.842. The van der Waals surface area contributed by atoms with Crippen LogP contribution in [0.1, 0.15) is 15.9 Å². The average molecular weight is 335 g/mol. The van der Waals surface area contributed by atoms with Crippen molar-refractivity contribution in [3.05, 3.63) is 58.1 Å². The molecule has 104 valence electrons. The molecule has 0 unspecified atom stereocenters. The molecule has 0 atom stereocenters. The summed E-state index contributed by atoms with van der Waals surface area (Å²) in [6.45, 7) is 0.506. The van der Waals surface area contributed by atoms with Gasteiger partial charge in [0.15, 0.2) is 0 Å². The molecule has 5 heteroatoms. The number of halogens is 1. The Morgan fingerprint density at radius 2 is 2.10 bits per heavy atom. The fourth-order valence-electron chi connectivity index (χ4n) is 1.82. The number of rotatable bonds is 4. The van der Waals surface area contributed by atoms with Gasteiger partial charge in [-0.1, -0.05) is 12.1 Å². The first kappa shape index (κ1) is 14.6. The fraction of sp³-hybridized carbons (Fsp3) is 0.133. The van der Waals surface area contributed by atoms with Gasteiger partial charge in [-0.2, -0.15) is 0 Å². The molecule has 0 aromatic heterocycles. The summed E-state index contributed by atoms with van der Waals surface area (Å²) in [5.41, 5.74) is 8.47. The largest absolute Gasteiger partial charge is 0.399 e. The van der Waals surface area contributed by atoms with Crippen molar-refractivity contribution in [2.75, 3.05) is 18.2 Å². The third kappa shape index (κ3) is 3.59. The zero-order valence-corrected chi connectivity index (χ0v) is 12.6. The molecule has 0 spiro atoms. The molecule has 3 N–H and O–H groups in total. The van der Waals surface area contributed by atoms with Crippen LogP contribution in [0.4, 0.5) is 11.4 Å². The second-order valence-electron chi connectivity index (χ2n) is 4.33. The van der Waals surface area contributed by atoms with Crippen molar-refractivity contribution >= 4 is 33.2 Å². The van der Waals surface area contributed by atoms with E-state index in [1.165, 1.54) is 0 Å². The number of methoxy groups -OCH3 is 1. The number of ether oxygens (including phenoxy) is 1. The molecule has 0 saturated heterocycles. The van der Waals surface area contributed by atoms with E-state index in [1.54, 1.807) is 25.3 Å². The molecule has 2 rings (SSSR count). The molecule has 2 aromatic carbocycles. The molecule has 0 aliphatic rings. The average Bonchev–Trinajstić information content (AvgIpc) is 2.42. The molecule has 1 amide bonds. The smallest absolute Gasteiger partial charge is 0.256 e. The van der Waals surface area contributed by atoms with E-state index in [2.05, 4.69) is 21.2 Å². The van der Waals surface area contributed by atoms with Crippen LogP contribution in [0.3, 0.4) is 0 Å². The third-order valence-electron chi connectivity index (χ3n) is 2.73. The lowest BCUT2D eigenvalue weighted by Gasteiger charge is -2.09. The van der Waals surface area contributed by atoms with Crippen LogP contribution in [0.2, 0.25) is 0 Å². The van der Waals surface area contributed by atoms with Crippen molar-refractivity contribution in [3.63, 3.8) is 0 Å². The molecule has 0 aliphatic carbocycles. The first-order valence-corrected chi connectivity index (χ1v) is 6.83. The van der Waals surface area contributed by atoms with Gasteiger partial charge in [0.05, 0.1) is 12.2 Å². The topological polar surface area (TPSA) is 64.3 Å². The molecule has 0 radical (unpaired) electrons. The molecule has 0 saturated carbocycles. The summed E-state index contributed by atoms with van der Waals surface area (Å²) in [5.74, 6) is -0.209. The van der Waals surface area contributed by atoms with E-state index in [4.69, 9.17) is 10.5 Å². The first-order valence-electron chi connectivity index (χ1n) is 6.04. The zero-order valence-electron chi connectivity index (χ0n) is 11.0. The predicted molar refractivity (Wildman–Crippen MR) is 83.7 cm³/mol. The van der Waals surface area contributed by atoms with Gasteiger partial charge in [-0.25, -0.2) is 0 Å². The number of hydrogen-bond acceptors (Lipinski definition) is 3. The van der Waals surface area contributed by atoms with Gasteiger partial charge in [-0.15, -0.1) is 0 Å². The van der Waals surface area contributed by atoms with E-state index in [1.807, 2.05) is 24.3 Å². The molecular weight excluding hydrogens is 320 g/mol. The number of nitrogens with one attached hydrogen (secondary N) is 1. The summed E-state index contributed by atoms with van der Waals surface area (Å²) in [6.07, 6.45) is 0. The molecule has 0 bridgehead atoms. The van der Waals surface area contributed by atoms with Gasteiger partial charge in [0, 0.05) is 23.0 Å². The molecule has 20 heavy (non-hydrogen) atoms. The van der Waals surface area contributed by atoms with E-state index in [9.17, 15) is 4.79 Å². The maximum Gasteiger partial charge on any atom is 0.256 e. The Kier molecular flexibility index (Phi) is 4.76. The number of carbonyl (C=O) groups is 1. The van der Waals surface area contributed by atoms with Crippen LogP contribution in [0.5, 0.6) is 0 Å². The van der Waals surface area contributed by atoms with Crippen LogP contribution < -0.4 is 11.1 Å². The van der Waals surface area contributed by atoms with E-state index >= 15 is 0 Å². The second kappa shape index (κ2) is 6.54. The Morgan fingerprint density at radius 1 is 1.30 bits per heavy atom. The van der Waals surface area contributed by atoms with Crippen LogP contribution in [-0.4, -0.2) is 13.0 Å². The molecule has 2 aromatic rings. The van der Waals surface area contributed by atoms with Gasteiger partial charge < -0.3 is 15.8 Å². The van der Waals surface area contributed by atoms with Gasteiger partial charge in [-0.3, -0.25) is 4.79 Å². The van der Waals surface area contributed by atoms with Crippen molar-refractivity contribution in [2.24, 2.45) is 0 Å². The fourth-order valence-corrected chi connectivity index (χ4v) is 2.25. The van der Waals surface area contributed by atoms with E-state index in [0.717, 1.165) is 11.3 Å². The van der Waals surface area contributed by atoms with Gasteiger partial charge in [0.25, 0.3) is 5.91 Å². The Labute approximate surface area is 126 Å². The highest BCUT2D eigenvalue weighted by Crippen LogP contribution is 2.21. The van der Waals surface area contributed by atoms with Crippen molar-refractivity contribution < 1.29 is 9.53 Å².